The Hall–Kier alpha value is -2.61. The fourth-order valence-electron chi connectivity index (χ4n) is 3.24. The minimum atomic E-state index is -0.356. The number of thiazole rings is 1. The average Bonchev–Trinajstić information content (AvgIpc) is 3.39. The fraction of sp³-hybridized carbons (Fsp3) is 0.421. The lowest BCUT2D eigenvalue weighted by molar-refractivity contribution is -0.117. The van der Waals surface area contributed by atoms with Gasteiger partial charge in [0.05, 0.1) is 10.2 Å². The highest BCUT2D eigenvalue weighted by Gasteiger charge is 2.19. The van der Waals surface area contributed by atoms with Crippen molar-refractivity contribution in [3.63, 3.8) is 0 Å². The molecule has 1 unspecified atom stereocenters. The number of nitrogens with one attached hydrogen (secondary N) is 2. The third kappa shape index (κ3) is 3.90. The second-order valence-corrected chi connectivity index (χ2v) is 7.80. The lowest BCUT2D eigenvalue weighted by atomic mass is 10.2. The third-order valence-corrected chi connectivity index (χ3v) is 5.78. The molecule has 1 atom stereocenters. The molecule has 1 aliphatic heterocycles. The Morgan fingerprint density at radius 1 is 1.33 bits per heavy atom. The van der Waals surface area contributed by atoms with Crippen LogP contribution in [-0.4, -0.2) is 35.2 Å². The van der Waals surface area contributed by atoms with Gasteiger partial charge in [-0.05, 0) is 44.4 Å². The van der Waals surface area contributed by atoms with E-state index in [0.717, 1.165) is 34.1 Å². The highest BCUT2D eigenvalue weighted by Crippen LogP contribution is 2.32. The number of benzene rings is 1. The minimum Gasteiger partial charge on any atom is -0.374 e. The molecule has 7 nitrogen and oxygen atoms in total. The summed E-state index contributed by atoms with van der Waals surface area (Å²) in [5, 5.41) is 11.0. The molecule has 1 saturated heterocycles. The predicted octanol–water partition coefficient (Wildman–Crippen LogP) is 4.02. The van der Waals surface area contributed by atoms with Gasteiger partial charge in [0.2, 0.25) is 5.91 Å². The SMILES string of the molecule is CCC(Nc1ccc2nc(N3CCCC3)sc2c1)C(=O)Nc1cc(C)on1. The molecule has 0 radical (unpaired) electrons. The zero-order valence-corrected chi connectivity index (χ0v) is 16.3. The minimum absolute atomic E-state index is 0.132. The molecule has 1 aromatic carbocycles. The van der Waals surface area contributed by atoms with Crippen molar-refractivity contribution in [2.45, 2.75) is 39.2 Å². The quantitative estimate of drug-likeness (QED) is 0.667. The smallest absolute Gasteiger partial charge is 0.248 e. The second kappa shape index (κ2) is 7.56. The van der Waals surface area contributed by atoms with Crippen LogP contribution in [0, 0.1) is 6.92 Å². The van der Waals surface area contributed by atoms with Gasteiger partial charge in [-0.15, -0.1) is 0 Å². The number of aromatic nitrogens is 2. The monoisotopic (exact) mass is 385 g/mol. The van der Waals surface area contributed by atoms with Gasteiger partial charge in [-0.1, -0.05) is 23.4 Å². The summed E-state index contributed by atoms with van der Waals surface area (Å²) in [5.74, 6) is 0.967. The summed E-state index contributed by atoms with van der Waals surface area (Å²) in [4.78, 5) is 19.6. The van der Waals surface area contributed by atoms with E-state index in [1.807, 2.05) is 19.1 Å². The summed E-state index contributed by atoms with van der Waals surface area (Å²) in [6.45, 7) is 5.94. The maximum atomic E-state index is 12.5. The molecular formula is C19H23N5O2S. The van der Waals surface area contributed by atoms with E-state index in [-0.39, 0.29) is 11.9 Å². The number of carbonyl (C=O) groups is 1. The molecule has 0 aliphatic carbocycles. The number of rotatable bonds is 6. The Morgan fingerprint density at radius 2 is 2.15 bits per heavy atom. The highest BCUT2D eigenvalue weighted by molar-refractivity contribution is 7.22. The van der Waals surface area contributed by atoms with Crippen LogP contribution in [0.3, 0.4) is 0 Å². The number of amides is 1. The van der Waals surface area contributed by atoms with E-state index in [4.69, 9.17) is 9.51 Å². The van der Waals surface area contributed by atoms with Gasteiger partial charge >= 0.3 is 0 Å². The van der Waals surface area contributed by atoms with Crippen molar-refractivity contribution >= 4 is 44.1 Å². The second-order valence-electron chi connectivity index (χ2n) is 6.79. The van der Waals surface area contributed by atoms with Gasteiger partial charge in [0.1, 0.15) is 11.8 Å². The first-order valence-corrected chi connectivity index (χ1v) is 10.1. The molecule has 0 bridgehead atoms. The van der Waals surface area contributed by atoms with E-state index in [2.05, 4.69) is 26.8 Å². The highest BCUT2D eigenvalue weighted by atomic mass is 32.1. The number of hydrogen-bond acceptors (Lipinski definition) is 7. The van der Waals surface area contributed by atoms with Crippen LogP contribution < -0.4 is 15.5 Å². The van der Waals surface area contributed by atoms with Gasteiger partial charge in [-0.3, -0.25) is 4.79 Å². The van der Waals surface area contributed by atoms with E-state index < -0.39 is 0 Å². The Morgan fingerprint density at radius 3 is 2.85 bits per heavy atom. The molecule has 1 aliphatic rings. The molecular weight excluding hydrogens is 362 g/mol. The fourth-order valence-corrected chi connectivity index (χ4v) is 4.30. The number of anilines is 3. The van der Waals surface area contributed by atoms with Crippen LogP contribution in [0.15, 0.2) is 28.8 Å². The summed E-state index contributed by atoms with van der Waals surface area (Å²) >= 11 is 1.71. The third-order valence-electron chi connectivity index (χ3n) is 4.70. The van der Waals surface area contributed by atoms with Crippen molar-refractivity contribution in [2.75, 3.05) is 28.6 Å². The molecule has 1 fully saturated rings. The molecule has 2 aromatic heterocycles. The maximum absolute atomic E-state index is 12.5. The summed E-state index contributed by atoms with van der Waals surface area (Å²) in [7, 11) is 0. The molecule has 2 N–H and O–H groups in total. The van der Waals surface area contributed by atoms with Crippen molar-refractivity contribution in [3.05, 3.63) is 30.0 Å². The number of hydrogen-bond donors (Lipinski definition) is 2. The lowest BCUT2D eigenvalue weighted by Crippen LogP contribution is -2.34. The first kappa shape index (κ1) is 17.8. The Kier molecular flexibility index (Phi) is 4.98. The van der Waals surface area contributed by atoms with Crippen LogP contribution in [0.5, 0.6) is 0 Å². The van der Waals surface area contributed by atoms with E-state index >= 15 is 0 Å². The van der Waals surface area contributed by atoms with Crippen molar-refractivity contribution in [3.8, 4) is 0 Å². The van der Waals surface area contributed by atoms with E-state index in [0.29, 0.717) is 18.0 Å². The molecule has 3 heterocycles. The van der Waals surface area contributed by atoms with E-state index in [1.54, 1.807) is 24.3 Å². The topological polar surface area (TPSA) is 83.3 Å². The Bertz CT molecular complexity index is 945. The van der Waals surface area contributed by atoms with Crippen LogP contribution in [-0.2, 0) is 4.79 Å². The van der Waals surface area contributed by atoms with E-state index in [1.165, 1.54) is 12.8 Å². The largest absolute Gasteiger partial charge is 0.374 e. The zero-order chi connectivity index (χ0) is 18.8. The Labute approximate surface area is 161 Å². The maximum Gasteiger partial charge on any atom is 0.248 e. The van der Waals surface area contributed by atoms with Gasteiger partial charge < -0.3 is 20.1 Å². The average molecular weight is 385 g/mol. The van der Waals surface area contributed by atoms with Crippen LogP contribution in [0.4, 0.5) is 16.6 Å². The van der Waals surface area contributed by atoms with Gasteiger partial charge in [0, 0.05) is 24.8 Å². The lowest BCUT2D eigenvalue weighted by Gasteiger charge is -2.17. The molecule has 3 aromatic rings. The Balaban J connectivity index is 1.47. The van der Waals surface area contributed by atoms with Crippen molar-refractivity contribution < 1.29 is 9.32 Å². The zero-order valence-electron chi connectivity index (χ0n) is 15.5. The molecule has 27 heavy (non-hydrogen) atoms. The standard InChI is InChI=1S/C19H23N5O2S/c1-3-14(18(25)22-17-10-12(2)26-23-17)20-13-6-7-15-16(11-13)27-19(21-15)24-8-4-5-9-24/h6-7,10-11,14,20H,3-5,8-9H2,1-2H3,(H,22,23,25). The molecule has 4 rings (SSSR count). The molecule has 1 amide bonds. The van der Waals surface area contributed by atoms with Gasteiger partial charge in [0.25, 0.3) is 0 Å². The van der Waals surface area contributed by atoms with Crippen LogP contribution >= 0.6 is 11.3 Å². The first-order valence-electron chi connectivity index (χ1n) is 9.28. The van der Waals surface area contributed by atoms with Crippen molar-refractivity contribution in [1.29, 1.82) is 0 Å². The molecule has 0 spiro atoms. The van der Waals surface area contributed by atoms with Crippen LogP contribution in [0.2, 0.25) is 0 Å². The summed E-state index contributed by atoms with van der Waals surface area (Å²) in [5.41, 5.74) is 1.92. The van der Waals surface area contributed by atoms with Gasteiger partial charge in [-0.25, -0.2) is 4.98 Å². The van der Waals surface area contributed by atoms with Crippen molar-refractivity contribution in [1.82, 2.24) is 10.1 Å². The first-order chi connectivity index (χ1) is 13.1. The summed E-state index contributed by atoms with van der Waals surface area (Å²) in [6.07, 6.45) is 3.13. The number of aryl methyl sites for hydroxylation is 1. The molecule has 142 valence electrons. The van der Waals surface area contributed by atoms with E-state index in [9.17, 15) is 4.79 Å². The summed E-state index contributed by atoms with van der Waals surface area (Å²) < 4.78 is 6.12. The van der Waals surface area contributed by atoms with Gasteiger partial charge in [-0.2, -0.15) is 0 Å². The summed E-state index contributed by atoms with van der Waals surface area (Å²) in [6, 6.07) is 7.41. The number of fused-ring (bicyclic) bond motifs is 1. The van der Waals surface area contributed by atoms with Crippen molar-refractivity contribution in [2.24, 2.45) is 0 Å². The normalized spacial score (nSPS) is 15.3. The number of carbonyl (C=O) groups excluding carboxylic acids is 1. The van der Waals surface area contributed by atoms with Crippen LogP contribution in [0.1, 0.15) is 31.9 Å². The number of nitrogens with zero attached hydrogens (tertiary/aromatic N) is 3. The molecule has 0 saturated carbocycles. The predicted molar refractivity (Wildman–Crippen MR) is 109 cm³/mol. The molecule has 8 heteroatoms. The van der Waals surface area contributed by atoms with Gasteiger partial charge in [0.15, 0.2) is 10.9 Å². The van der Waals surface area contributed by atoms with Crippen LogP contribution in [0.25, 0.3) is 10.2 Å².